The van der Waals surface area contributed by atoms with Crippen LogP contribution in [-0.2, 0) is 9.47 Å². The van der Waals surface area contributed by atoms with Gasteiger partial charge in [0.1, 0.15) is 6.10 Å². The van der Waals surface area contributed by atoms with Crippen LogP contribution in [0, 0.1) is 11.8 Å². The van der Waals surface area contributed by atoms with E-state index in [4.69, 9.17) is 9.47 Å². The van der Waals surface area contributed by atoms with Crippen LogP contribution >= 0.6 is 0 Å². The van der Waals surface area contributed by atoms with Crippen LogP contribution in [0.2, 0.25) is 0 Å². The van der Waals surface area contributed by atoms with Crippen molar-refractivity contribution >= 4 is 0 Å². The SMILES string of the molecule is CC(C)[C@@H]1CC[C@]2(C)O[C@@H]2CC[C@]2(C)O[C@@H]2[C@H]1O. The van der Waals surface area contributed by atoms with Crippen LogP contribution in [0.5, 0.6) is 0 Å². The van der Waals surface area contributed by atoms with Gasteiger partial charge in [0.25, 0.3) is 0 Å². The number of hydrogen-bond acceptors (Lipinski definition) is 3. The van der Waals surface area contributed by atoms with Crippen molar-refractivity contribution in [3.8, 4) is 0 Å². The van der Waals surface area contributed by atoms with E-state index in [9.17, 15) is 5.11 Å². The van der Waals surface area contributed by atoms with Crippen LogP contribution in [0.4, 0.5) is 0 Å². The van der Waals surface area contributed by atoms with Gasteiger partial charge in [0, 0.05) is 0 Å². The number of fused-ring (bicyclic) bond motifs is 2. The highest BCUT2D eigenvalue weighted by molar-refractivity contribution is 5.09. The fourth-order valence-corrected chi connectivity index (χ4v) is 3.76. The first-order chi connectivity index (χ1) is 8.36. The molecule has 2 aliphatic heterocycles. The van der Waals surface area contributed by atoms with Gasteiger partial charge in [-0.25, -0.2) is 0 Å². The number of aliphatic hydroxyl groups is 1. The van der Waals surface area contributed by atoms with E-state index < -0.39 is 0 Å². The Morgan fingerprint density at radius 2 is 1.72 bits per heavy atom. The third-order valence-corrected chi connectivity index (χ3v) is 5.46. The molecule has 3 rings (SSSR count). The van der Waals surface area contributed by atoms with E-state index in [1.54, 1.807) is 0 Å². The molecule has 2 saturated heterocycles. The summed E-state index contributed by atoms with van der Waals surface area (Å²) in [4.78, 5) is 0. The number of ether oxygens (including phenoxy) is 2. The first-order valence-corrected chi connectivity index (χ1v) is 7.39. The van der Waals surface area contributed by atoms with Gasteiger partial charge >= 0.3 is 0 Å². The summed E-state index contributed by atoms with van der Waals surface area (Å²) in [6.45, 7) is 8.76. The Labute approximate surface area is 110 Å². The summed E-state index contributed by atoms with van der Waals surface area (Å²) in [7, 11) is 0. The normalized spacial score (nSPS) is 55.7. The molecule has 1 N–H and O–H groups in total. The molecule has 2 heterocycles. The van der Waals surface area contributed by atoms with Gasteiger partial charge in [0.2, 0.25) is 0 Å². The second kappa shape index (κ2) is 3.94. The maximum Gasteiger partial charge on any atom is 0.113 e. The van der Waals surface area contributed by atoms with Crippen LogP contribution in [0.1, 0.15) is 53.4 Å². The first-order valence-electron chi connectivity index (χ1n) is 7.39. The number of rotatable bonds is 1. The minimum Gasteiger partial charge on any atom is -0.390 e. The smallest absolute Gasteiger partial charge is 0.113 e. The van der Waals surface area contributed by atoms with Gasteiger partial charge in [0.15, 0.2) is 0 Å². The summed E-state index contributed by atoms with van der Waals surface area (Å²) in [6.07, 6.45) is 4.36. The summed E-state index contributed by atoms with van der Waals surface area (Å²) in [5.74, 6) is 0.824. The maximum absolute atomic E-state index is 10.6. The molecule has 0 spiro atoms. The van der Waals surface area contributed by atoms with Gasteiger partial charge < -0.3 is 14.6 Å². The van der Waals surface area contributed by atoms with Crippen molar-refractivity contribution < 1.29 is 14.6 Å². The van der Waals surface area contributed by atoms with Crippen molar-refractivity contribution in [3.05, 3.63) is 0 Å². The molecule has 104 valence electrons. The lowest BCUT2D eigenvalue weighted by Crippen LogP contribution is -2.35. The molecule has 3 heteroatoms. The number of aliphatic hydroxyl groups excluding tert-OH is 1. The molecule has 0 aromatic heterocycles. The second-order valence-electron chi connectivity index (χ2n) is 7.25. The molecule has 0 aromatic carbocycles. The lowest BCUT2D eigenvalue weighted by Gasteiger charge is -2.27. The maximum atomic E-state index is 10.6. The van der Waals surface area contributed by atoms with Crippen molar-refractivity contribution in [1.29, 1.82) is 0 Å². The average molecular weight is 254 g/mol. The molecule has 3 fully saturated rings. The Morgan fingerprint density at radius 3 is 2.39 bits per heavy atom. The Hall–Kier alpha value is -0.120. The van der Waals surface area contributed by atoms with Gasteiger partial charge in [-0.3, -0.25) is 0 Å². The first kappa shape index (κ1) is 12.9. The zero-order chi connectivity index (χ0) is 13.1. The predicted octanol–water partition coefficient (Wildman–Crippen LogP) is 2.51. The molecule has 0 amide bonds. The highest BCUT2D eigenvalue weighted by Crippen LogP contribution is 2.52. The molecule has 3 aliphatic rings. The van der Waals surface area contributed by atoms with Crippen LogP contribution in [0.25, 0.3) is 0 Å². The van der Waals surface area contributed by atoms with E-state index in [1.165, 1.54) is 0 Å². The van der Waals surface area contributed by atoms with Gasteiger partial charge in [-0.05, 0) is 51.4 Å². The van der Waals surface area contributed by atoms with Gasteiger partial charge in [-0.1, -0.05) is 13.8 Å². The van der Waals surface area contributed by atoms with E-state index in [0.29, 0.717) is 17.9 Å². The molecule has 0 aromatic rings. The average Bonchev–Trinajstić information content (AvgIpc) is 3.12. The van der Waals surface area contributed by atoms with E-state index in [-0.39, 0.29) is 23.4 Å². The van der Waals surface area contributed by atoms with Gasteiger partial charge in [0.05, 0.1) is 23.4 Å². The van der Waals surface area contributed by atoms with Crippen LogP contribution in [0.15, 0.2) is 0 Å². The molecule has 1 saturated carbocycles. The monoisotopic (exact) mass is 254 g/mol. The van der Waals surface area contributed by atoms with Crippen molar-refractivity contribution in [1.82, 2.24) is 0 Å². The zero-order valence-electron chi connectivity index (χ0n) is 12.0. The minimum absolute atomic E-state index is 0.0491. The third kappa shape index (κ3) is 2.00. The Bertz CT molecular complexity index is 343. The summed E-state index contributed by atoms with van der Waals surface area (Å²) in [5, 5.41) is 10.6. The Morgan fingerprint density at radius 1 is 1.06 bits per heavy atom. The summed E-state index contributed by atoms with van der Waals surface area (Å²) >= 11 is 0. The standard InChI is InChI=1S/C15H26O3/c1-9(2)10-5-7-14(3)11(17-14)6-8-15(4)13(18-15)12(10)16/h9-13,16H,5-8H2,1-4H3/t10-,11+,12-,13+,14-,15-/m0/s1. The predicted molar refractivity (Wildman–Crippen MR) is 69.4 cm³/mol. The zero-order valence-corrected chi connectivity index (χ0v) is 12.0. The Balaban J connectivity index is 1.77. The molecule has 0 unspecified atom stereocenters. The third-order valence-electron chi connectivity index (χ3n) is 5.46. The molecule has 0 bridgehead atoms. The van der Waals surface area contributed by atoms with E-state index in [1.807, 2.05) is 0 Å². The lowest BCUT2D eigenvalue weighted by molar-refractivity contribution is 0.0461. The minimum atomic E-state index is -0.311. The molecule has 18 heavy (non-hydrogen) atoms. The second-order valence-corrected chi connectivity index (χ2v) is 7.25. The largest absolute Gasteiger partial charge is 0.390 e. The highest BCUT2D eigenvalue weighted by Gasteiger charge is 2.61. The summed E-state index contributed by atoms with van der Waals surface area (Å²) in [5.41, 5.74) is -0.0261. The van der Waals surface area contributed by atoms with Crippen LogP contribution < -0.4 is 0 Å². The van der Waals surface area contributed by atoms with Crippen LogP contribution in [-0.4, -0.2) is 34.6 Å². The van der Waals surface area contributed by atoms with Crippen molar-refractivity contribution in [2.45, 2.75) is 82.9 Å². The number of hydrogen-bond donors (Lipinski definition) is 1. The van der Waals surface area contributed by atoms with Gasteiger partial charge in [-0.15, -0.1) is 0 Å². The van der Waals surface area contributed by atoms with E-state index in [0.717, 1.165) is 25.7 Å². The summed E-state index contributed by atoms with van der Waals surface area (Å²) in [6, 6.07) is 0. The molecule has 0 radical (unpaired) electrons. The van der Waals surface area contributed by atoms with Crippen molar-refractivity contribution in [3.63, 3.8) is 0 Å². The molecular formula is C15H26O3. The lowest BCUT2D eigenvalue weighted by atomic mass is 9.78. The fourth-order valence-electron chi connectivity index (χ4n) is 3.76. The van der Waals surface area contributed by atoms with E-state index >= 15 is 0 Å². The summed E-state index contributed by atoms with van der Waals surface area (Å²) < 4.78 is 11.7. The molecule has 3 nitrogen and oxygen atoms in total. The topological polar surface area (TPSA) is 45.3 Å². The number of epoxide rings is 2. The van der Waals surface area contributed by atoms with E-state index in [2.05, 4.69) is 27.7 Å². The van der Waals surface area contributed by atoms with Crippen molar-refractivity contribution in [2.75, 3.05) is 0 Å². The Kier molecular flexibility index (Phi) is 2.82. The quantitative estimate of drug-likeness (QED) is 0.731. The highest BCUT2D eigenvalue weighted by atomic mass is 16.6. The van der Waals surface area contributed by atoms with Crippen LogP contribution in [0.3, 0.4) is 0 Å². The van der Waals surface area contributed by atoms with Crippen molar-refractivity contribution in [2.24, 2.45) is 11.8 Å². The van der Waals surface area contributed by atoms with Gasteiger partial charge in [-0.2, -0.15) is 0 Å². The fraction of sp³-hybridized carbons (Fsp3) is 1.00. The molecule has 1 aliphatic carbocycles. The molecular weight excluding hydrogens is 228 g/mol. The molecule has 6 atom stereocenters.